The van der Waals surface area contributed by atoms with Crippen molar-refractivity contribution in [1.29, 1.82) is 5.26 Å². The molecule has 134 valence electrons. The summed E-state index contributed by atoms with van der Waals surface area (Å²) in [5.74, 6) is 0.263. The van der Waals surface area contributed by atoms with Crippen LogP contribution >= 0.6 is 0 Å². The molecule has 0 saturated heterocycles. The Morgan fingerprint density at radius 3 is 2.65 bits per heavy atom. The standard InChI is InChI=1S/C19H19N3O4/c1-14-6-3-8-16(12-14)22(11-5-10-20)19(24)26-17-9-4-7-15(13-17)21-18(23)25-2/h3-4,6-9,12-13H,5,11H2,1-2H3,(H,21,23). The van der Waals surface area contributed by atoms with Crippen LogP contribution in [0.4, 0.5) is 21.0 Å². The fraction of sp³-hybridized carbons (Fsp3) is 0.211. The first-order chi connectivity index (χ1) is 12.5. The van der Waals surface area contributed by atoms with E-state index in [2.05, 4.69) is 10.1 Å². The predicted molar refractivity (Wildman–Crippen MR) is 97.2 cm³/mol. The molecule has 0 aliphatic carbocycles. The van der Waals surface area contributed by atoms with Crippen LogP contribution in [-0.2, 0) is 4.74 Å². The number of carbonyl (C=O) groups is 2. The second-order valence-electron chi connectivity index (χ2n) is 5.41. The number of benzene rings is 2. The Hall–Kier alpha value is -3.53. The zero-order chi connectivity index (χ0) is 18.9. The van der Waals surface area contributed by atoms with Gasteiger partial charge in [0, 0.05) is 24.0 Å². The number of hydrogen-bond donors (Lipinski definition) is 1. The predicted octanol–water partition coefficient (Wildman–Crippen LogP) is 4.09. The lowest BCUT2D eigenvalue weighted by Crippen LogP contribution is -2.34. The number of aryl methyl sites for hydroxylation is 1. The van der Waals surface area contributed by atoms with Gasteiger partial charge in [0.15, 0.2) is 0 Å². The number of carbonyl (C=O) groups excluding carboxylic acids is 2. The molecule has 0 aliphatic heterocycles. The molecular formula is C19H19N3O4. The second kappa shape index (κ2) is 9.08. The van der Waals surface area contributed by atoms with Crippen LogP contribution < -0.4 is 15.0 Å². The van der Waals surface area contributed by atoms with E-state index in [1.807, 2.05) is 31.2 Å². The molecule has 26 heavy (non-hydrogen) atoms. The molecule has 0 bridgehead atoms. The van der Waals surface area contributed by atoms with Crippen molar-refractivity contribution in [2.24, 2.45) is 0 Å². The molecular weight excluding hydrogens is 334 g/mol. The van der Waals surface area contributed by atoms with Gasteiger partial charge in [-0.2, -0.15) is 5.26 Å². The summed E-state index contributed by atoms with van der Waals surface area (Å²) in [5, 5.41) is 11.3. The summed E-state index contributed by atoms with van der Waals surface area (Å²) in [6, 6.07) is 15.8. The van der Waals surface area contributed by atoms with Crippen LogP contribution in [0.15, 0.2) is 48.5 Å². The van der Waals surface area contributed by atoms with E-state index < -0.39 is 12.2 Å². The third kappa shape index (κ3) is 5.24. The maximum atomic E-state index is 12.6. The molecule has 2 aromatic carbocycles. The monoisotopic (exact) mass is 353 g/mol. The molecule has 0 unspecified atom stereocenters. The average molecular weight is 353 g/mol. The fourth-order valence-corrected chi connectivity index (χ4v) is 2.25. The highest BCUT2D eigenvalue weighted by Gasteiger charge is 2.18. The maximum absolute atomic E-state index is 12.6. The maximum Gasteiger partial charge on any atom is 0.419 e. The number of nitrogens with zero attached hydrogens (tertiary/aromatic N) is 2. The largest absolute Gasteiger partial charge is 0.453 e. The summed E-state index contributed by atoms with van der Waals surface area (Å²) in [6.45, 7) is 2.12. The average Bonchev–Trinajstić information content (AvgIpc) is 2.62. The second-order valence-corrected chi connectivity index (χ2v) is 5.41. The zero-order valence-electron chi connectivity index (χ0n) is 14.6. The number of anilines is 2. The molecule has 0 atom stereocenters. The minimum absolute atomic E-state index is 0.174. The summed E-state index contributed by atoms with van der Waals surface area (Å²) in [6.07, 6.45) is -1.06. The van der Waals surface area contributed by atoms with Gasteiger partial charge in [-0.25, -0.2) is 9.59 Å². The van der Waals surface area contributed by atoms with Crippen LogP contribution in [0.25, 0.3) is 0 Å². The summed E-state index contributed by atoms with van der Waals surface area (Å²) >= 11 is 0. The van der Waals surface area contributed by atoms with Crippen molar-refractivity contribution >= 4 is 23.6 Å². The number of methoxy groups -OCH3 is 1. The fourth-order valence-electron chi connectivity index (χ4n) is 2.25. The molecule has 0 fully saturated rings. The number of ether oxygens (including phenoxy) is 2. The summed E-state index contributed by atoms with van der Waals surface area (Å²) in [7, 11) is 1.26. The van der Waals surface area contributed by atoms with Crippen molar-refractivity contribution in [3.63, 3.8) is 0 Å². The van der Waals surface area contributed by atoms with Gasteiger partial charge in [0.25, 0.3) is 0 Å². The van der Waals surface area contributed by atoms with Gasteiger partial charge in [0.2, 0.25) is 0 Å². The van der Waals surface area contributed by atoms with Gasteiger partial charge in [-0.15, -0.1) is 0 Å². The minimum atomic E-state index is -0.621. The number of amides is 2. The summed E-state index contributed by atoms with van der Waals surface area (Å²) in [4.78, 5) is 25.3. The van der Waals surface area contributed by atoms with Crippen LogP contribution in [0.1, 0.15) is 12.0 Å². The number of nitrogens with one attached hydrogen (secondary N) is 1. The number of rotatable bonds is 5. The van der Waals surface area contributed by atoms with E-state index in [4.69, 9.17) is 10.00 Å². The molecule has 7 nitrogen and oxygen atoms in total. The van der Waals surface area contributed by atoms with Crippen LogP contribution in [-0.4, -0.2) is 25.8 Å². The van der Waals surface area contributed by atoms with E-state index in [1.165, 1.54) is 18.1 Å². The third-order valence-corrected chi connectivity index (χ3v) is 3.45. The van der Waals surface area contributed by atoms with E-state index >= 15 is 0 Å². The molecule has 2 aromatic rings. The Kier molecular flexibility index (Phi) is 6.57. The third-order valence-electron chi connectivity index (χ3n) is 3.45. The lowest BCUT2D eigenvalue weighted by Gasteiger charge is -2.21. The molecule has 0 saturated carbocycles. The van der Waals surface area contributed by atoms with Crippen LogP contribution in [0.2, 0.25) is 0 Å². The molecule has 0 aromatic heterocycles. The summed E-state index contributed by atoms with van der Waals surface area (Å²) in [5.41, 5.74) is 2.07. The van der Waals surface area contributed by atoms with Gasteiger partial charge in [-0.1, -0.05) is 18.2 Å². The highest BCUT2D eigenvalue weighted by molar-refractivity contribution is 5.90. The molecule has 2 rings (SSSR count). The van der Waals surface area contributed by atoms with Crippen molar-refractivity contribution in [3.8, 4) is 11.8 Å². The van der Waals surface area contributed by atoms with Crippen molar-refractivity contribution in [3.05, 3.63) is 54.1 Å². The van der Waals surface area contributed by atoms with E-state index in [-0.39, 0.29) is 18.7 Å². The van der Waals surface area contributed by atoms with Gasteiger partial charge >= 0.3 is 12.2 Å². The minimum Gasteiger partial charge on any atom is -0.453 e. The smallest absolute Gasteiger partial charge is 0.419 e. The quantitative estimate of drug-likeness (QED) is 0.874. The van der Waals surface area contributed by atoms with Crippen molar-refractivity contribution < 1.29 is 19.1 Å². The van der Waals surface area contributed by atoms with Crippen molar-refractivity contribution in [2.75, 3.05) is 23.9 Å². The molecule has 7 heteroatoms. The normalized spacial score (nSPS) is 9.73. The molecule has 0 aliphatic rings. The summed E-state index contributed by atoms with van der Waals surface area (Å²) < 4.78 is 9.94. The Morgan fingerprint density at radius 2 is 1.96 bits per heavy atom. The van der Waals surface area contributed by atoms with Gasteiger partial charge in [0.1, 0.15) is 5.75 Å². The Bertz CT molecular complexity index is 830. The van der Waals surface area contributed by atoms with E-state index in [1.54, 1.807) is 24.3 Å². The van der Waals surface area contributed by atoms with Crippen molar-refractivity contribution in [2.45, 2.75) is 13.3 Å². The van der Waals surface area contributed by atoms with Gasteiger partial charge < -0.3 is 9.47 Å². The first-order valence-corrected chi connectivity index (χ1v) is 7.91. The van der Waals surface area contributed by atoms with Gasteiger partial charge in [0.05, 0.1) is 19.6 Å². The first kappa shape index (κ1) is 18.8. The lowest BCUT2D eigenvalue weighted by molar-refractivity contribution is 0.187. The molecule has 0 spiro atoms. The first-order valence-electron chi connectivity index (χ1n) is 7.91. The Morgan fingerprint density at radius 1 is 1.19 bits per heavy atom. The van der Waals surface area contributed by atoms with E-state index in [0.29, 0.717) is 11.4 Å². The van der Waals surface area contributed by atoms with Crippen LogP contribution in [0.3, 0.4) is 0 Å². The van der Waals surface area contributed by atoms with E-state index in [0.717, 1.165) is 5.56 Å². The van der Waals surface area contributed by atoms with Crippen LogP contribution in [0, 0.1) is 18.3 Å². The highest BCUT2D eigenvalue weighted by atomic mass is 16.6. The van der Waals surface area contributed by atoms with Gasteiger partial charge in [-0.3, -0.25) is 10.2 Å². The van der Waals surface area contributed by atoms with Crippen LogP contribution in [0.5, 0.6) is 5.75 Å². The Labute approximate surface area is 151 Å². The zero-order valence-corrected chi connectivity index (χ0v) is 14.6. The van der Waals surface area contributed by atoms with Gasteiger partial charge in [-0.05, 0) is 36.8 Å². The topological polar surface area (TPSA) is 91.7 Å². The SMILES string of the molecule is COC(=O)Nc1cccc(OC(=O)N(CCC#N)c2cccc(C)c2)c1. The van der Waals surface area contributed by atoms with Crippen molar-refractivity contribution in [1.82, 2.24) is 0 Å². The lowest BCUT2D eigenvalue weighted by atomic mass is 10.2. The number of nitriles is 1. The molecule has 1 N–H and O–H groups in total. The number of hydrogen-bond acceptors (Lipinski definition) is 5. The molecule has 2 amide bonds. The van der Waals surface area contributed by atoms with E-state index in [9.17, 15) is 9.59 Å². The highest BCUT2D eigenvalue weighted by Crippen LogP contribution is 2.21. The Balaban J connectivity index is 2.17. The molecule has 0 heterocycles. The molecule has 0 radical (unpaired) electrons.